The Morgan fingerprint density at radius 3 is 2.58 bits per heavy atom. The zero-order chi connectivity index (χ0) is 18.2. The molecule has 1 amide bonds. The van der Waals surface area contributed by atoms with E-state index in [9.17, 15) is 9.59 Å². The first-order valence-electron chi connectivity index (χ1n) is 7.99. The van der Waals surface area contributed by atoms with Crippen molar-refractivity contribution in [3.05, 3.63) is 23.8 Å². The molecule has 0 fully saturated rings. The van der Waals surface area contributed by atoms with Crippen molar-refractivity contribution in [3.63, 3.8) is 0 Å². The molecule has 0 aliphatic heterocycles. The van der Waals surface area contributed by atoms with E-state index in [4.69, 9.17) is 9.47 Å². The molecule has 0 spiro atoms. The number of unbranched alkanes of at least 4 members (excludes halogenated alkanes) is 1. The van der Waals surface area contributed by atoms with Gasteiger partial charge in [-0.2, -0.15) is 4.98 Å². The number of nitrogens with one attached hydrogen (secondary N) is 1. The molecule has 0 aliphatic rings. The van der Waals surface area contributed by atoms with Crippen molar-refractivity contribution in [1.29, 1.82) is 0 Å². The summed E-state index contributed by atoms with van der Waals surface area (Å²) in [6.07, 6.45) is 4.68. The van der Waals surface area contributed by atoms with Gasteiger partial charge in [-0.15, -0.1) is 0 Å². The monoisotopic (exact) mass is 334 g/mol. The lowest BCUT2D eigenvalue weighted by Crippen LogP contribution is -2.28. The van der Waals surface area contributed by atoms with E-state index >= 15 is 0 Å². The van der Waals surface area contributed by atoms with Crippen LogP contribution in [0.25, 0.3) is 6.08 Å². The van der Waals surface area contributed by atoms with E-state index in [0.717, 1.165) is 12.8 Å². The summed E-state index contributed by atoms with van der Waals surface area (Å²) < 4.78 is 10.2. The summed E-state index contributed by atoms with van der Waals surface area (Å²) in [5.74, 6) is 0.115. The first-order valence-corrected chi connectivity index (χ1v) is 7.99. The van der Waals surface area contributed by atoms with Gasteiger partial charge in [0.2, 0.25) is 11.8 Å². The molecule has 1 aromatic heterocycles. The van der Waals surface area contributed by atoms with Crippen LogP contribution >= 0.6 is 0 Å². The highest BCUT2D eigenvalue weighted by molar-refractivity contribution is 5.96. The zero-order valence-corrected chi connectivity index (χ0v) is 15.0. The molecule has 1 aromatic rings. The molecule has 132 valence electrons. The summed E-state index contributed by atoms with van der Waals surface area (Å²) in [6.45, 7) is 7.85. The van der Waals surface area contributed by atoms with Crippen LogP contribution in [0.2, 0.25) is 0 Å². The third kappa shape index (κ3) is 6.40. The number of nitrogens with zero attached hydrogens (tertiary/aromatic N) is 1. The number of aromatic nitrogens is 1. The molecule has 0 aromatic carbocycles. The van der Waals surface area contributed by atoms with E-state index in [1.54, 1.807) is 18.2 Å². The smallest absolute Gasteiger partial charge is 0.330 e. The van der Waals surface area contributed by atoms with Crippen LogP contribution < -0.4 is 10.1 Å². The van der Waals surface area contributed by atoms with Crippen LogP contribution in [0.4, 0.5) is 5.82 Å². The van der Waals surface area contributed by atoms with Crippen LogP contribution in [0.15, 0.2) is 18.2 Å². The van der Waals surface area contributed by atoms with Crippen LogP contribution in [-0.4, -0.2) is 30.6 Å². The predicted molar refractivity (Wildman–Crippen MR) is 93.8 cm³/mol. The van der Waals surface area contributed by atoms with Gasteiger partial charge in [0, 0.05) is 23.1 Å². The van der Waals surface area contributed by atoms with Crippen molar-refractivity contribution < 1.29 is 19.1 Å². The Morgan fingerprint density at radius 1 is 1.29 bits per heavy atom. The maximum absolute atomic E-state index is 12.2. The fraction of sp³-hybridized carbons (Fsp3) is 0.500. The summed E-state index contributed by atoms with van der Waals surface area (Å²) >= 11 is 0. The molecule has 1 N–H and O–H groups in total. The van der Waals surface area contributed by atoms with Gasteiger partial charge < -0.3 is 14.8 Å². The molecule has 1 heterocycles. The fourth-order valence-corrected chi connectivity index (χ4v) is 1.62. The van der Waals surface area contributed by atoms with Crippen molar-refractivity contribution >= 4 is 23.8 Å². The van der Waals surface area contributed by atoms with E-state index in [1.165, 1.54) is 13.2 Å². The summed E-state index contributed by atoms with van der Waals surface area (Å²) in [4.78, 5) is 28.1. The van der Waals surface area contributed by atoms with E-state index < -0.39 is 11.4 Å². The first kappa shape index (κ1) is 19.7. The number of amides is 1. The molecule has 0 aliphatic carbocycles. The Hall–Kier alpha value is -2.37. The van der Waals surface area contributed by atoms with Crippen LogP contribution in [0.5, 0.6) is 5.88 Å². The van der Waals surface area contributed by atoms with Gasteiger partial charge in [-0.25, -0.2) is 4.79 Å². The van der Waals surface area contributed by atoms with Gasteiger partial charge in [0.15, 0.2) is 0 Å². The number of carbonyl (C=O) groups is 2. The van der Waals surface area contributed by atoms with Gasteiger partial charge in [-0.3, -0.25) is 4.79 Å². The topological polar surface area (TPSA) is 77.5 Å². The number of ether oxygens (including phenoxy) is 2. The lowest BCUT2D eigenvalue weighted by Gasteiger charge is -2.18. The predicted octanol–water partition coefficient (Wildman–Crippen LogP) is 3.43. The summed E-state index contributed by atoms with van der Waals surface area (Å²) in [5, 5.41) is 2.77. The normalized spacial score (nSPS) is 11.4. The number of pyridine rings is 1. The lowest BCUT2D eigenvalue weighted by molar-refractivity contribution is -0.137. The highest BCUT2D eigenvalue weighted by Gasteiger charge is 2.22. The fourth-order valence-electron chi connectivity index (χ4n) is 1.62. The minimum Gasteiger partial charge on any atom is -0.481 e. The second-order valence-electron chi connectivity index (χ2n) is 6.35. The van der Waals surface area contributed by atoms with Gasteiger partial charge in [0.25, 0.3) is 0 Å². The molecule has 0 radical (unpaired) electrons. The lowest BCUT2D eigenvalue weighted by atomic mass is 9.95. The van der Waals surface area contributed by atoms with E-state index in [-0.39, 0.29) is 5.91 Å². The van der Waals surface area contributed by atoms with Crippen molar-refractivity contribution in [3.8, 4) is 5.88 Å². The molecule has 6 nitrogen and oxygen atoms in total. The van der Waals surface area contributed by atoms with Crippen molar-refractivity contribution in [2.45, 2.75) is 40.5 Å². The molecule has 0 saturated carbocycles. The van der Waals surface area contributed by atoms with Gasteiger partial charge in [0.05, 0.1) is 13.7 Å². The SMILES string of the molecule is CCCCOC(=O)C=Cc1ccc(OC)nc1NC(=O)C(C)(C)C. The Morgan fingerprint density at radius 2 is 2.00 bits per heavy atom. The number of methoxy groups -OCH3 is 1. The molecule has 0 bridgehead atoms. The molecule has 24 heavy (non-hydrogen) atoms. The zero-order valence-electron chi connectivity index (χ0n) is 15.0. The van der Waals surface area contributed by atoms with Crippen LogP contribution in [0.3, 0.4) is 0 Å². The molecule has 0 saturated heterocycles. The number of hydrogen-bond donors (Lipinski definition) is 1. The van der Waals surface area contributed by atoms with E-state index in [2.05, 4.69) is 10.3 Å². The molecular weight excluding hydrogens is 308 g/mol. The third-order valence-electron chi connectivity index (χ3n) is 3.16. The quantitative estimate of drug-likeness (QED) is 0.469. The second-order valence-corrected chi connectivity index (χ2v) is 6.35. The maximum Gasteiger partial charge on any atom is 0.330 e. The highest BCUT2D eigenvalue weighted by atomic mass is 16.5. The van der Waals surface area contributed by atoms with Gasteiger partial charge in [-0.1, -0.05) is 34.1 Å². The summed E-state index contributed by atoms with van der Waals surface area (Å²) in [5.41, 5.74) is 0.0333. The molecular formula is C18H26N2O4. The van der Waals surface area contributed by atoms with E-state index in [0.29, 0.717) is 23.9 Å². The van der Waals surface area contributed by atoms with Crippen LogP contribution in [0, 0.1) is 5.41 Å². The average Bonchev–Trinajstić information content (AvgIpc) is 2.52. The Bertz CT molecular complexity index is 604. The van der Waals surface area contributed by atoms with Gasteiger partial charge in [0.1, 0.15) is 5.82 Å². The number of hydrogen-bond acceptors (Lipinski definition) is 5. The number of anilines is 1. The molecule has 6 heteroatoms. The van der Waals surface area contributed by atoms with Crippen molar-refractivity contribution in [1.82, 2.24) is 4.98 Å². The largest absolute Gasteiger partial charge is 0.481 e. The summed E-state index contributed by atoms with van der Waals surface area (Å²) in [6, 6.07) is 3.38. The first-order chi connectivity index (χ1) is 11.3. The van der Waals surface area contributed by atoms with Crippen LogP contribution in [0.1, 0.15) is 46.1 Å². The molecule has 0 unspecified atom stereocenters. The van der Waals surface area contributed by atoms with E-state index in [1.807, 2.05) is 27.7 Å². The average molecular weight is 334 g/mol. The standard InChI is InChI=1S/C18H26N2O4/c1-6-7-12-24-15(21)11-9-13-8-10-14(23-5)19-16(13)20-17(22)18(2,3)4/h8-11H,6-7,12H2,1-5H3,(H,19,20,22). The molecule has 0 atom stereocenters. The third-order valence-corrected chi connectivity index (χ3v) is 3.16. The highest BCUT2D eigenvalue weighted by Crippen LogP contribution is 2.22. The van der Waals surface area contributed by atoms with Crippen molar-refractivity contribution in [2.75, 3.05) is 19.0 Å². The Kier molecular flexibility index (Phi) is 7.42. The minimum atomic E-state index is -0.565. The Labute approximate surface area is 143 Å². The number of rotatable bonds is 7. The van der Waals surface area contributed by atoms with Gasteiger partial charge >= 0.3 is 5.97 Å². The van der Waals surface area contributed by atoms with Gasteiger partial charge in [-0.05, 0) is 18.6 Å². The number of esters is 1. The molecule has 1 rings (SSSR count). The summed E-state index contributed by atoms with van der Waals surface area (Å²) in [7, 11) is 1.50. The Balaban J connectivity index is 2.93. The van der Waals surface area contributed by atoms with Crippen molar-refractivity contribution in [2.24, 2.45) is 5.41 Å². The van der Waals surface area contributed by atoms with Crippen LogP contribution in [-0.2, 0) is 14.3 Å². The maximum atomic E-state index is 12.2. The minimum absolute atomic E-state index is 0.177. The second kappa shape index (κ2) is 9.05. The number of carbonyl (C=O) groups excluding carboxylic acids is 2.